The Bertz CT molecular complexity index is 137. The standard InChI is InChI=1S/C5H9ClN2S/c1-8-3-4(2-7)9-5(8)6/h3,5H,2,7H2,1H3. The molecule has 0 aromatic rings. The number of alkyl halides is 1. The van der Waals surface area contributed by atoms with E-state index >= 15 is 0 Å². The fourth-order valence-corrected chi connectivity index (χ4v) is 1.82. The lowest BCUT2D eigenvalue weighted by molar-refractivity contribution is 0.517. The molecule has 0 aromatic heterocycles. The number of hydrogen-bond acceptors (Lipinski definition) is 3. The molecular formula is C5H9ClN2S. The van der Waals surface area contributed by atoms with Gasteiger partial charge in [0, 0.05) is 24.7 Å². The van der Waals surface area contributed by atoms with Crippen molar-refractivity contribution in [2.75, 3.05) is 13.6 Å². The number of halogens is 1. The van der Waals surface area contributed by atoms with E-state index in [1.54, 1.807) is 11.8 Å². The fraction of sp³-hybridized carbons (Fsp3) is 0.600. The van der Waals surface area contributed by atoms with Crippen LogP contribution >= 0.6 is 23.4 Å². The molecule has 1 rings (SSSR count). The zero-order chi connectivity index (χ0) is 6.85. The molecule has 0 aromatic carbocycles. The summed E-state index contributed by atoms with van der Waals surface area (Å²) in [4.78, 5) is 3.13. The molecule has 4 heteroatoms. The van der Waals surface area contributed by atoms with Crippen molar-refractivity contribution in [2.24, 2.45) is 5.73 Å². The van der Waals surface area contributed by atoms with Crippen LogP contribution in [0.3, 0.4) is 0 Å². The second-order valence-corrected chi connectivity index (χ2v) is 3.75. The van der Waals surface area contributed by atoms with Crippen LogP contribution in [0.15, 0.2) is 11.1 Å². The predicted molar refractivity (Wildman–Crippen MR) is 42.1 cm³/mol. The third-order valence-corrected chi connectivity index (χ3v) is 2.79. The van der Waals surface area contributed by atoms with Crippen molar-refractivity contribution in [3.63, 3.8) is 0 Å². The summed E-state index contributed by atoms with van der Waals surface area (Å²) in [6.07, 6.45) is 1.97. The summed E-state index contributed by atoms with van der Waals surface area (Å²) in [6, 6.07) is 0. The molecule has 0 saturated heterocycles. The Labute approximate surface area is 64.0 Å². The monoisotopic (exact) mass is 164 g/mol. The second-order valence-electron chi connectivity index (χ2n) is 1.87. The first-order valence-corrected chi connectivity index (χ1v) is 3.99. The van der Waals surface area contributed by atoms with Gasteiger partial charge in [-0.25, -0.2) is 0 Å². The summed E-state index contributed by atoms with van der Waals surface area (Å²) < 4.78 is 0. The van der Waals surface area contributed by atoms with Gasteiger partial charge in [0.1, 0.15) is 0 Å². The molecular weight excluding hydrogens is 156 g/mol. The van der Waals surface area contributed by atoms with E-state index < -0.39 is 0 Å². The van der Waals surface area contributed by atoms with E-state index in [1.165, 1.54) is 0 Å². The van der Waals surface area contributed by atoms with Crippen molar-refractivity contribution < 1.29 is 0 Å². The molecule has 0 bridgehead atoms. The highest BCUT2D eigenvalue weighted by Crippen LogP contribution is 2.32. The van der Waals surface area contributed by atoms with Gasteiger partial charge in [0.15, 0.2) is 4.83 Å². The van der Waals surface area contributed by atoms with Crippen LogP contribution in [0, 0.1) is 0 Å². The number of nitrogens with two attached hydrogens (primary N) is 1. The Morgan fingerprint density at radius 2 is 2.67 bits per heavy atom. The van der Waals surface area contributed by atoms with E-state index in [9.17, 15) is 0 Å². The van der Waals surface area contributed by atoms with Gasteiger partial charge in [-0.15, -0.1) is 0 Å². The zero-order valence-electron chi connectivity index (χ0n) is 5.17. The molecule has 0 saturated carbocycles. The zero-order valence-corrected chi connectivity index (χ0v) is 6.75. The van der Waals surface area contributed by atoms with Crippen LogP contribution in [0.1, 0.15) is 0 Å². The van der Waals surface area contributed by atoms with Gasteiger partial charge in [0.25, 0.3) is 0 Å². The van der Waals surface area contributed by atoms with Gasteiger partial charge in [0.05, 0.1) is 0 Å². The van der Waals surface area contributed by atoms with Gasteiger partial charge < -0.3 is 10.6 Å². The first-order valence-electron chi connectivity index (χ1n) is 2.67. The van der Waals surface area contributed by atoms with Crippen molar-refractivity contribution >= 4 is 23.4 Å². The van der Waals surface area contributed by atoms with Gasteiger partial charge in [-0.3, -0.25) is 0 Å². The maximum absolute atomic E-state index is 5.82. The number of rotatable bonds is 1. The molecule has 1 aliphatic heterocycles. The van der Waals surface area contributed by atoms with Gasteiger partial charge >= 0.3 is 0 Å². The molecule has 0 radical (unpaired) electrons. The molecule has 1 atom stereocenters. The Morgan fingerprint density at radius 1 is 2.00 bits per heavy atom. The molecule has 0 amide bonds. The van der Waals surface area contributed by atoms with Crippen LogP contribution in [-0.4, -0.2) is 23.3 Å². The SMILES string of the molecule is CN1C=C(CN)SC1Cl. The second kappa shape index (κ2) is 2.82. The molecule has 1 unspecified atom stereocenters. The Balaban J connectivity index is 2.52. The van der Waals surface area contributed by atoms with E-state index in [1.807, 2.05) is 18.1 Å². The minimum absolute atomic E-state index is 0.0450. The van der Waals surface area contributed by atoms with Gasteiger partial charge in [-0.05, 0) is 0 Å². The molecule has 0 aliphatic carbocycles. The first kappa shape index (κ1) is 7.25. The summed E-state index contributed by atoms with van der Waals surface area (Å²) in [7, 11) is 1.94. The quantitative estimate of drug-likeness (QED) is 0.463. The van der Waals surface area contributed by atoms with Crippen LogP contribution in [-0.2, 0) is 0 Å². The van der Waals surface area contributed by atoms with Crippen molar-refractivity contribution in [3.8, 4) is 0 Å². The van der Waals surface area contributed by atoms with Crippen molar-refractivity contribution in [1.82, 2.24) is 4.90 Å². The molecule has 52 valence electrons. The Kier molecular flexibility index (Phi) is 2.27. The highest BCUT2D eigenvalue weighted by Gasteiger charge is 2.17. The molecule has 9 heavy (non-hydrogen) atoms. The Hall–Kier alpha value is 0.140. The summed E-state index contributed by atoms with van der Waals surface area (Å²) in [5.41, 5.74) is 5.38. The van der Waals surface area contributed by atoms with Crippen molar-refractivity contribution in [3.05, 3.63) is 11.1 Å². The Morgan fingerprint density at radius 3 is 2.89 bits per heavy atom. The van der Waals surface area contributed by atoms with E-state index in [4.69, 9.17) is 17.3 Å². The third-order valence-electron chi connectivity index (χ3n) is 1.12. The predicted octanol–water partition coefficient (Wildman–Crippen LogP) is 0.988. The van der Waals surface area contributed by atoms with E-state index in [-0.39, 0.29) is 4.83 Å². The average Bonchev–Trinajstić information content (AvgIpc) is 2.13. The number of hydrogen-bond donors (Lipinski definition) is 1. The van der Waals surface area contributed by atoms with Gasteiger partial charge in [-0.1, -0.05) is 23.4 Å². The summed E-state index contributed by atoms with van der Waals surface area (Å²) in [6.45, 7) is 0.595. The van der Waals surface area contributed by atoms with Gasteiger partial charge in [-0.2, -0.15) is 0 Å². The van der Waals surface area contributed by atoms with Crippen molar-refractivity contribution in [1.29, 1.82) is 0 Å². The average molecular weight is 165 g/mol. The first-order chi connectivity index (χ1) is 4.24. The maximum Gasteiger partial charge on any atom is 0.154 e. The van der Waals surface area contributed by atoms with E-state index in [2.05, 4.69) is 0 Å². The van der Waals surface area contributed by atoms with Crippen LogP contribution in [0.25, 0.3) is 0 Å². The highest BCUT2D eigenvalue weighted by atomic mass is 35.5. The molecule has 1 aliphatic rings. The van der Waals surface area contributed by atoms with Crippen molar-refractivity contribution in [2.45, 2.75) is 4.83 Å². The molecule has 0 fully saturated rings. The lowest BCUT2D eigenvalue weighted by Gasteiger charge is -2.10. The number of thioether (sulfide) groups is 1. The smallest absolute Gasteiger partial charge is 0.154 e. The molecule has 1 heterocycles. The van der Waals surface area contributed by atoms with Crippen LogP contribution in [0.2, 0.25) is 0 Å². The fourth-order valence-electron chi connectivity index (χ4n) is 0.625. The maximum atomic E-state index is 5.82. The number of nitrogens with zero attached hydrogens (tertiary/aromatic N) is 1. The van der Waals surface area contributed by atoms with Crippen LogP contribution < -0.4 is 5.73 Å². The van der Waals surface area contributed by atoms with Crippen LogP contribution in [0.4, 0.5) is 0 Å². The van der Waals surface area contributed by atoms with E-state index in [0.717, 1.165) is 4.91 Å². The molecule has 2 N–H and O–H groups in total. The lowest BCUT2D eigenvalue weighted by Crippen LogP contribution is -2.12. The van der Waals surface area contributed by atoms with Crippen LogP contribution in [0.5, 0.6) is 0 Å². The summed E-state index contributed by atoms with van der Waals surface area (Å²) in [5.74, 6) is 0. The minimum Gasteiger partial charge on any atom is -0.355 e. The normalized spacial score (nSPS) is 26.8. The third kappa shape index (κ3) is 1.53. The lowest BCUT2D eigenvalue weighted by atomic mass is 10.6. The summed E-state index contributed by atoms with van der Waals surface area (Å²) >= 11 is 7.42. The molecule has 0 spiro atoms. The highest BCUT2D eigenvalue weighted by molar-refractivity contribution is 8.04. The van der Waals surface area contributed by atoms with E-state index in [0.29, 0.717) is 6.54 Å². The molecule has 2 nitrogen and oxygen atoms in total. The topological polar surface area (TPSA) is 29.3 Å². The minimum atomic E-state index is 0.0450. The largest absolute Gasteiger partial charge is 0.355 e. The summed E-state index contributed by atoms with van der Waals surface area (Å²) in [5, 5.41) is 0. The van der Waals surface area contributed by atoms with Gasteiger partial charge in [0.2, 0.25) is 0 Å².